The lowest BCUT2D eigenvalue weighted by Crippen LogP contribution is -2.25. The molecule has 1 unspecified atom stereocenters. The van der Waals surface area contributed by atoms with Crippen molar-refractivity contribution in [3.8, 4) is 0 Å². The number of carbonyl (C=O) groups is 1. The van der Waals surface area contributed by atoms with Crippen molar-refractivity contribution in [1.82, 2.24) is 0 Å². The predicted octanol–water partition coefficient (Wildman–Crippen LogP) is 1.49. The van der Waals surface area contributed by atoms with Crippen LogP contribution in [-0.4, -0.2) is 17.0 Å². The van der Waals surface area contributed by atoms with Gasteiger partial charge in [0.15, 0.2) is 5.96 Å². The van der Waals surface area contributed by atoms with Gasteiger partial charge in [0.05, 0.1) is 18.0 Å². The van der Waals surface area contributed by atoms with Gasteiger partial charge in [-0.15, -0.1) is 0 Å². The zero-order valence-corrected chi connectivity index (χ0v) is 9.69. The molecule has 0 bridgehead atoms. The lowest BCUT2D eigenvalue weighted by atomic mass is 9.98. The van der Waals surface area contributed by atoms with E-state index in [2.05, 4.69) is 4.99 Å². The van der Waals surface area contributed by atoms with E-state index in [1.54, 1.807) is 0 Å². The van der Waals surface area contributed by atoms with Crippen LogP contribution in [0.15, 0.2) is 29.3 Å². The van der Waals surface area contributed by atoms with Crippen molar-refractivity contribution in [3.05, 3.63) is 35.4 Å². The van der Waals surface area contributed by atoms with Gasteiger partial charge < -0.3 is 16.6 Å². The van der Waals surface area contributed by atoms with E-state index in [9.17, 15) is 18.0 Å². The first kappa shape index (κ1) is 14.8. The lowest BCUT2D eigenvalue weighted by Gasteiger charge is -2.17. The third-order valence-corrected chi connectivity index (χ3v) is 2.30. The first-order chi connectivity index (χ1) is 8.71. The molecule has 104 valence electrons. The minimum atomic E-state index is -4.60. The third-order valence-electron chi connectivity index (χ3n) is 2.30. The van der Waals surface area contributed by atoms with Gasteiger partial charge in [-0.05, 0) is 11.6 Å². The average Bonchev–Trinajstić information content (AvgIpc) is 2.25. The van der Waals surface area contributed by atoms with Gasteiger partial charge in [-0.2, -0.15) is 13.2 Å². The summed E-state index contributed by atoms with van der Waals surface area (Å²) in [5.41, 5.74) is 9.01. The molecule has 5 N–H and O–H groups in total. The minimum absolute atomic E-state index is 0.272. The van der Waals surface area contributed by atoms with Crippen LogP contribution in [0.1, 0.15) is 23.6 Å². The smallest absolute Gasteiger partial charge is 0.416 e. The van der Waals surface area contributed by atoms with E-state index in [-0.39, 0.29) is 5.56 Å². The molecule has 1 rings (SSSR count). The molecule has 0 radical (unpaired) electrons. The first-order valence-corrected chi connectivity index (χ1v) is 5.18. The number of rotatable bonds is 4. The molecule has 0 aromatic heterocycles. The Labute approximate surface area is 106 Å². The van der Waals surface area contributed by atoms with Gasteiger partial charge in [-0.25, -0.2) is 4.99 Å². The number of nitrogens with zero attached hydrogens (tertiary/aromatic N) is 1. The number of aliphatic imine (C=N–C) groups is 1. The number of nitrogens with two attached hydrogens (primary N) is 2. The highest BCUT2D eigenvalue weighted by molar-refractivity contribution is 5.77. The number of alkyl halides is 3. The fourth-order valence-corrected chi connectivity index (χ4v) is 1.62. The normalized spacial score (nSPS) is 12.8. The molecule has 0 spiro atoms. The van der Waals surface area contributed by atoms with Crippen LogP contribution in [0.25, 0.3) is 0 Å². The fraction of sp³-hybridized carbons (Fsp3) is 0.273. The summed E-state index contributed by atoms with van der Waals surface area (Å²) in [6.45, 7) is 0. The van der Waals surface area contributed by atoms with Crippen molar-refractivity contribution in [3.63, 3.8) is 0 Å². The molecule has 0 aliphatic rings. The molecule has 1 atom stereocenters. The monoisotopic (exact) mass is 275 g/mol. The first-order valence-electron chi connectivity index (χ1n) is 5.18. The zero-order chi connectivity index (χ0) is 14.6. The lowest BCUT2D eigenvalue weighted by molar-refractivity contribution is -0.140. The van der Waals surface area contributed by atoms with Crippen molar-refractivity contribution in [1.29, 1.82) is 0 Å². The number of hydrogen-bond acceptors (Lipinski definition) is 2. The van der Waals surface area contributed by atoms with Crippen LogP contribution in [0.4, 0.5) is 13.2 Å². The Kier molecular flexibility index (Phi) is 4.36. The van der Waals surface area contributed by atoms with E-state index < -0.39 is 36.1 Å². The highest BCUT2D eigenvalue weighted by atomic mass is 19.4. The fourth-order valence-electron chi connectivity index (χ4n) is 1.62. The molecule has 0 saturated carbocycles. The molecule has 0 aliphatic heterocycles. The highest BCUT2D eigenvalue weighted by Gasteiger charge is 2.35. The third kappa shape index (κ3) is 4.16. The van der Waals surface area contributed by atoms with Gasteiger partial charge in [-0.1, -0.05) is 18.2 Å². The van der Waals surface area contributed by atoms with Crippen molar-refractivity contribution in [2.24, 2.45) is 16.5 Å². The van der Waals surface area contributed by atoms with E-state index >= 15 is 0 Å². The van der Waals surface area contributed by atoms with Gasteiger partial charge in [0.1, 0.15) is 0 Å². The van der Waals surface area contributed by atoms with Gasteiger partial charge in [0.2, 0.25) is 0 Å². The standard InChI is InChI=1S/C11H12F3N3O2/c12-11(13,14)7-4-2-1-3-6(7)8(5-9(18)19)17-10(15)16/h1-4,8H,5H2,(H,18,19)(H4,15,16,17). The molecule has 0 heterocycles. The molecular formula is C11H12F3N3O2. The Morgan fingerprint density at radius 2 is 1.89 bits per heavy atom. The van der Waals surface area contributed by atoms with Crippen molar-refractivity contribution in [2.75, 3.05) is 0 Å². The Morgan fingerprint density at radius 1 is 1.32 bits per heavy atom. The largest absolute Gasteiger partial charge is 0.481 e. The maximum absolute atomic E-state index is 12.8. The van der Waals surface area contributed by atoms with Crippen LogP contribution in [0.2, 0.25) is 0 Å². The number of aliphatic carboxylic acids is 1. The van der Waals surface area contributed by atoms with Crippen molar-refractivity contribution in [2.45, 2.75) is 18.6 Å². The SMILES string of the molecule is NC(N)=NC(CC(=O)O)c1ccccc1C(F)(F)F. The molecule has 0 fully saturated rings. The van der Waals surface area contributed by atoms with Crippen molar-refractivity contribution >= 4 is 11.9 Å². The second kappa shape index (κ2) is 5.59. The molecule has 8 heteroatoms. The number of benzene rings is 1. The molecule has 1 aromatic carbocycles. The molecule has 0 saturated heterocycles. The quantitative estimate of drug-likeness (QED) is 0.572. The van der Waals surface area contributed by atoms with E-state index in [1.165, 1.54) is 12.1 Å². The molecule has 19 heavy (non-hydrogen) atoms. The second-order valence-corrected chi connectivity index (χ2v) is 3.75. The van der Waals surface area contributed by atoms with Gasteiger partial charge in [0, 0.05) is 0 Å². The number of hydrogen-bond donors (Lipinski definition) is 3. The van der Waals surface area contributed by atoms with Crippen LogP contribution in [-0.2, 0) is 11.0 Å². The van der Waals surface area contributed by atoms with E-state index in [0.29, 0.717) is 0 Å². The summed E-state index contributed by atoms with van der Waals surface area (Å²) in [4.78, 5) is 14.2. The summed E-state index contributed by atoms with van der Waals surface area (Å²) in [7, 11) is 0. The molecule has 5 nitrogen and oxygen atoms in total. The van der Waals surface area contributed by atoms with Gasteiger partial charge >= 0.3 is 12.1 Å². The number of carboxylic acids is 1. The Hall–Kier alpha value is -2.25. The number of guanidine groups is 1. The van der Waals surface area contributed by atoms with E-state index in [1.807, 2.05) is 0 Å². The maximum atomic E-state index is 12.8. The summed E-state index contributed by atoms with van der Waals surface area (Å²) in [5.74, 6) is -1.77. The van der Waals surface area contributed by atoms with Crippen LogP contribution in [0.3, 0.4) is 0 Å². The Bertz CT molecular complexity index is 496. The zero-order valence-electron chi connectivity index (χ0n) is 9.69. The summed E-state index contributed by atoms with van der Waals surface area (Å²) < 4.78 is 38.5. The average molecular weight is 275 g/mol. The second-order valence-electron chi connectivity index (χ2n) is 3.75. The van der Waals surface area contributed by atoms with Gasteiger partial charge in [0.25, 0.3) is 0 Å². The van der Waals surface area contributed by atoms with E-state index in [4.69, 9.17) is 16.6 Å². The minimum Gasteiger partial charge on any atom is -0.481 e. The maximum Gasteiger partial charge on any atom is 0.416 e. The van der Waals surface area contributed by atoms with Gasteiger partial charge in [-0.3, -0.25) is 4.79 Å². The van der Waals surface area contributed by atoms with Crippen LogP contribution >= 0.6 is 0 Å². The molecular weight excluding hydrogens is 263 g/mol. The number of carboxylic acid groups (broad SMARTS) is 1. The summed E-state index contributed by atoms with van der Waals surface area (Å²) in [6.07, 6.45) is -5.24. The highest BCUT2D eigenvalue weighted by Crippen LogP contribution is 2.36. The van der Waals surface area contributed by atoms with Crippen LogP contribution < -0.4 is 11.5 Å². The van der Waals surface area contributed by atoms with Crippen LogP contribution in [0.5, 0.6) is 0 Å². The molecule has 1 aromatic rings. The van der Waals surface area contributed by atoms with Crippen molar-refractivity contribution < 1.29 is 23.1 Å². The number of halogens is 3. The summed E-state index contributed by atoms with van der Waals surface area (Å²) in [5, 5.41) is 8.72. The Balaban J connectivity index is 3.30. The van der Waals surface area contributed by atoms with E-state index in [0.717, 1.165) is 12.1 Å². The summed E-state index contributed by atoms with van der Waals surface area (Å²) >= 11 is 0. The molecule has 0 aliphatic carbocycles. The summed E-state index contributed by atoms with van der Waals surface area (Å²) in [6, 6.07) is 3.30. The topological polar surface area (TPSA) is 102 Å². The Morgan fingerprint density at radius 3 is 2.37 bits per heavy atom. The predicted molar refractivity (Wildman–Crippen MR) is 62.2 cm³/mol. The molecule has 0 amide bonds. The van der Waals surface area contributed by atoms with Crippen LogP contribution in [0, 0.1) is 0 Å².